The van der Waals surface area contributed by atoms with Crippen molar-refractivity contribution in [2.45, 2.75) is 29.5 Å². The van der Waals surface area contributed by atoms with Crippen LogP contribution in [0.4, 0.5) is 5.13 Å². The van der Waals surface area contributed by atoms with Crippen molar-refractivity contribution >= 4 is 51.6 Å². The molecule has 11 heteroatoms. The molecule has 0 fully saturated rings. The van der Waals surface area contributed by atoms with Crippen molar-refractivity contribution in [2.24, 2.45) is 5.73 Å². The summed E-state index contributed by atoms with van der Waals surface area (Å²) in [6.07, 6.45) is 1.66. The summed E-state index contributed by atoms with van der Waals surface area (Å²) >= 11 is 8.88. The van der Waals surface area contributed by atoms with Gasteiger partial charge in [-0.2, -0.15) is 5.26 Å². The second kappa shape index (κ2) is 9.32. The Morgan fingerprint density at radius 2 is 2.19 bits per heavy atom. The number of carbonyl (C=O) groups is 2. The predicted octanol–water partition coefficient (Wildman–Crippen LogP) is 3.76. The number of nitrogens with zero attached hydrogens (tertiary/aromatic N) is 4. The molecule has 1 unspecified atom stereocenters. The number of anilines is 1. The number of nitriles is 1. The van der Waals surface area contributed by atoms with Crippen LogP contribution in [0.5, 0.6) is 0 Å². The number of nitrogens with two attached hydrogens (primary N) is 1. The second-order valence-electron chi connectivity index (χ2n) is 7.05. The first kappa shape index (κ1) is 22.3. The maximum atomic E-state index is 13.1. The first-order valence-corrected chi connectivity index (χ1v) is 11.9. The van der Waals surface area contributed by atoms with Crippen molar-refractivity contribution in [3.05, 3.63) is 57.5 Å². The number of allylic oxidation sites excluding steroid dienone is 3. The molecule has 1 atom stereocenters. The van der Waals surface area contributed by atoms with Crippen LogP contribution in [0.15, 0.2) is 51.3 Å². The molecule has 0 bridgehead atoms. The van der Waals surface area contributed by atoms with Crippen LogP contribution in [0.2, 0.25) is 5.02 Å². The molecule has 32 heavy (non-hydrogen) atoms. The Labute approximate surface area is 197 Å². The zero-order valence-electron chi connectivity index (χ0n) is 17.0. The van der Waals surface area contributed by atoms with E-state index in [1.54, 1.807) is 17.0 Å². The monoisotopic (exact) mass is 487 g/mol. The highest BCUT2D eigenvalue weighted by molar-refractivity contribution is 8.01. The van der Waals surface area contributed by atoms with E-state index in [-0.39, 0.29) is 28.9 Å². The fourth-order valence-corrected chi connectivity index (χ4v) is 5.81. The quantitative estimate of drug-likeness (QED) is 0.496. The molecule has 0 spiro atoms. The van der Waals surface area contributed by atoms with Gasteiger partial charge in [0, 0.05) is 22.7 Å². The van der Waals surface area contributed by atoms with E-state index in [4.69, 9.17) is 17.3 Å². The second-order valence-corrected chi connectivity index (χ2v) is 9.64. The molecule has 4 rings (SSSR count). The zero-order valence-corrected chi connectivity index (χ0v) is 19.4. The van der Waals surface area contributed by atoms with E-state index in [2.05, 4.69) is 21.0 Å². The van der Waals surface area contributed by atoms with Crippen molar-refractivity contribution < 1.29 is 14.3 Å². The van der Waals surface area contributed by atoms with E-state index in [9.17, 15) is 14.9 Å². The fourth-order valence-electron chi connectivity index (χ4n) is 3.86. The molecule has 1 aromatic heterocycles. The van der Waals surface area contributed by atoms with Crippen LogP contribution in [0.25, 0.3) is 0 Å². The zero-order chi connectivity index (χ0) is 22.8. The van der Waals surface area contributed by atoms with E-state index in [0.29, 0.717) is 50.6 Å². The maximum absolute atomic E-state index is 13.1. The van der Waals surface area contributed by atoms with Crippen LogP contribution in [0.1, 0.15) is 30.7 Å². The van der Waals surface area contributed by atoms with Crippen LogP contribution < -0.4 is 10.6 Å². The SMILES string of the molecule is COC(=O)CSc1nnc(N2C(N)=C(C#N)C(c3ccccc3Cl)C3=C2CCCC3=O)s1. The largest absolute Gasteiger partial charge is 0.468 e. The number of carbonyl (C=O) groups excluding carboxylic acids is 2. The number of rotatable bonds is 5. The van der Waals surface area contributed by atoms with E-state index < -0.39 is 5.92 Å². The van der Waals surface area contributed by atoms with Gasteiger partial charge in [-0.25, -0.2) is 0 Å². The highest BCUT2D eigenvalue weighted by Crippen LogP contribution is 2.48. The Balaban J connectivity index is 1.82. The molecule has 1 aliphatic heterocycles. The summed E-state index contributed by atoms with van der Waals surface area (Å²) in [6.45, 7) is 0. The minimum absolute atomic E-state index is 0.0359. The smallest absolute Gasteiger partial charge is 0.316 e. The van der Waals surface area contributed by atoms with Crippen molar-refractivity contribution in [2.75, 3.05) is 17.8 Å². The van der Waals surface area contributed by atoms with Crippen molar-refractivity contribution in [3.63, 3.8) is 0 Å². The number of Topliss-reactive ketones (excluding diaryl/α,β-unsaturated/α-hetero) is 1. The Morgan fingerprint density at radius 1 is 1.41 bits per heavy atom. The molecule has 2 aromatic rings. The number of methoxy groups -OCH3 is 1. The lowest BCUT2D eigenvalue weighted by molar-refractivity contribution is -0.137. The molecule has 0 amide bonds. The number of thioether (sulfide) groups is 1. The molecule has 0 saturated heterocycles. The summed E-state index contributed by atoms with van der Waals surface area (Å²) < 4.78 is 5.20. The molecule has 2 aliphatic rings. The van der Waals surface area contributed by atoms with Crippen molar-refractivity contribution in [1.29, 1.82) is 5.26 Å². The maximum Gasteiger partial charge on any atom is 0.316 e. The minimum atomic E-state index is -0.631. The molecule has 0 radical (unpaired) electrons. The summed E-state index contributed by atoms with van der Waals surface area (Å²) in [4.78, 5) is 26.2. The lowest BCUT2D eigenvalue weighted by Crippen LogP contribution is -2.38. The molecule has 2 heterocycles. The van der Waals surface area contributed by atoms with Gasteiger partial charge in [-0.1, -0.05) is 52.9 Å². The predicted molar refractivity (Wildman–Crippen MR) is 122 cm³/mol. The number of benzene rings is 1. The molecule has 8 nitrogen and oxygen atoms in total. The van der Waals surface area contributed by atoms with Gasteiger partial charge in [-0.3, -0.25) is 14.5 Å². The Bertz CT molecular complexity index is 1200. The van der Waals surface area contributed by atoms with Crippen LogP contribution in [-0.2, 0) is 14.3 Å². The van der Waals surface area contributed by atoms with Gasteiger partial charge >= 0.3 is 5.97 Å². The standard InChI is InChI=1S/C21H18ClN5O3S2/c1-30-16(29)10-31-21-26-25-20(32-21)27-14-7-4-8-15(28)18(14)17(12(9-23)19(27)24)11-5-2-3-6-13(11)22/h2-3,5-6,17H,4,7-8,10,24H2,1H3. The van der Waals surface area contributed by atoms with Gasteiger partial charge in [0.2, 0.25) is 5.13 Å². The van der Waals surface area contributed by atoms with Gasteiger partial charge in [0.05, 0.1) is 30.4 Å². The van der Waals surface area contributed by atoms with Crippen LogP contribution in [-0.4, -0.2) is 34.8 Å². The topological polar surface area (TPSA) is 122 Å². The molecule has 164 valence electrons. The van der Waals surface area contributed by atoms with E-state index >= 15 is 0 Å². The van der Waals surface area contributed by atoms with Crippen LogP contribution in [0.3, 0.4) is 0 Å². The molecule has 1 aliphatic carbocycles. The van der Waals surface area contributed by atoms with Gasteiger partial charge in [-0.15, -0.1) is 10.2 Å². The van der Waals surface area contributed by atoms with Gasteiger partial charge in [0.15, 0.2) is 10.1 Å². The third-order valence-corrected chi connectivity index (χ3v) is 7.62. The Kier molecular flexibility index (Phi) is 6.50. The minimum Gasteiger partial charge on any atom is -0.468 e. The van der Waals surface area contributed by atoms with Crippen LogP contribution >= 0.6 is 34.7 Å². The van der Waals surface area contributed by atoms with Crippen LogP contribution in [0, 0.1) is 11.3 Å². The number of aromatic nitrogens is 2. The van der Waals surface area contributed by atoms with Gasteiger partial charge < -0.3 is 10.5 Å². The highest BCUT2D eigenvalue weighted by Gasteiger charge is 2.41. The first-order chi connectivity index (χ1) is 15.5. The number of esters is 1. The summed E-state index contributed by atoms with van der Waals surface area (Å²) in [7, 11) is 1.32. The van der Waals surface area contributed by atoms with Gasteiger partial charge in [0.1, 0.15) is 5.82 Å². The number of hydrogen-bond acceptors (Lipinski definition) is 10. The average Bonchev–Trinajstić information content (AvgIpc) is 3.25. The molecule has 0 saturated carbocycles. The van der Waals surface area contributed by atoms with Gasteiger partial charge in [-0.05, 0) is 24.5 Å². The fraction of sp³-hybridized carbons (Fsp3) is 0.286. The van der Waals surface area contributed by atoms with Gasteiger partial charge in [0.25, 0.3) is 0 Å². The van der Waals surface area contributed by atoms with E-state index in [1.165, 1.54) is 30.2 Å². The summed E-state index contributed by atoms with van der Waals surface area (Å²) in [6, 6.07) is 9.36. The number of halogens is 1. The lowest BCUT2D eigenvalue weighted by atomic mass is 9.76. The number of hydrogen-bond donors (Lipinski definition) is 1. The van der Waals surface area contributed by atoms with E-state index in [1.807, 2.05) is 12.1 Å². The van der Waals surface area contributed by atoms with Crippen molar-refractivity contribution in [3.8, 4) is 6.07 Å². The Morgan fingerprint density at radius 3 is 2.91 bits per heavy atom. The summed E-state index contributed by atoms with van der Waals surface area (Å²) in [5.41, 5.74) is 8.65. The van der Waals surface area contributed by atoms with E-state index in [0.717, 1.165) is 0 Å². The summed E-state index contributed by atoms with van der Waals surface area (Å²) in [5, 5.41) is 19.3. The van der Waals surface area contributed by atoms with Crippen molar-refractivity contribution in [1.82, 2.24) is 10.2 Å². The first-order valence-electron chi connectivity index (χ1n) is 9.70. The number of ether oxygens (including phenoxy) is 1. The molecule has 1 aromatic carbocycles. The third kappa shape index (κ3) is 3.99. The summed E-state index contributed by atoms with van der Waals surface area (Å²) in [5.74, 6) is -0.742. The highest BCUT2D eigenvalue weighted by atomic mass is 35.5. The number of ketones is 1. The normalized spacial score (nSPS) is 18.5. The average molecular weight is 488 g/mol. The third-order valence-electron chi connectivity index (χ3n) is 5.26. The molecular formula is C21H18ClN5O3S2. The Hall–Kier alpha value is -2.87. The molecule has 2 N–H and O–H groups in total. The molecular weight excluding hydrogens is 470 g/mol. The lowest BCUT2D eigenvalue weighted by Gasteiger charge is -2.38.